The Balaban J connectivity index is 0. The van der Waals surface area contributed by atoms with Crippen LogP contribution in [0.5, 0.6) is 0 Å². The molecule has 5 heteroatoms. The summed E-state index contributed by atoms with van der Waals surface area (Å²) in [4.78, 5) is 19.1. The molecule has 0 spiro atoms. The van der Waals surface area contributed by atoms with Gasteiger partial charge in [-0.1, -0.05) is 0 Å². The summed E-state index contributed by atoms with van der Waals surface area (Å²) in [6.45, 7) is 0. The fourth-order valence-electron chi connectivity index (χ4n) is 0.143. The summed E-state index contributed by atoms with van der Waals surface area (Å²) in [5, 5.41) is 15.6. The van der Waals surface area contributed by atoms with Crippen LogP contribution in [-0.4, -0.2) is 54.8 Å². The van der Waals surface area contributed by atoms with Gasteiger partial charge in [0.2, 0.25) is 0 Å². The van der Waals surface area contributed by atoms with Crippen LogP contribution in [0, 0.1) is 0 Å². The predicted molar refractivity (Wildman–Crippen MR) is 48.4 cm³/mol. The molecule has 0 atom stereocenters. The zero-order valence-electron chi connectivity index (χ0n) is 8.31. The summed E-state index contributed by atoms with van der Waals surface area (Å²) in [5.41, 5.74) is 0. The van der Waals surface area contributed by atoms with Gasteiger partial charge in [-0.2, -0.15) is 0 Å². The lowest BCUT2D eigenvalue weighted by Gasteiger charge is -2.14. The molecular weight excluding hydrogens is 174 g/mol. The molecule has 0 aliphatic heterocycles. The number of aliphatic carboxylic acids is 2. The van der Waals surface area contributed by atoms with Crippen LogP contribution in [0.3, 0.4) is 0 Å². The van der Waals surface area contributed by atoms with Crippen molar-refractivity contribution in [2.45, 2.75) is 0 Å². The smallest absolute Gasteiger partial charge is 0.328 e. The molecule has 0 amide bonds. The van der Waals surface area contributed by atoms with Gasteiger partial charge in [0.15, 0.2) is 0 Å². The molecule has 0 fully saturated rings. The molecule has 13 heavy (non-hydrogen) atoms. The molecule has 0 saturated heterocycles. The van der Waals surface area contributed by atoms with E-state index in [-0.39, 0.29) is 0 Å². The minimum Gasteiger partial charge on any atom is -0.478 e. The lowest BCUT2D eigenvalue weighted by molar-refractivity contribution is -0.849. The fraction of sp³-hybridized carbons (Fsp3) is 0.500. The molecule has 0 rings (SSSR count). The molecule has 0 aliphatic rings. The van der Waals surface area contributed by atoms with Crippen molar-refractivity contribution in [3.05, 3.63) is 12.2 Å². The molecule has 0 radical (unpaired) electrons. The van der Waals surface area contributed by atoms with Gasteiger partial charge in [-0.15, -0.1) is 0 Å². The largest absolute Gasteiger partial charge is 0.478 e. The standard InChI is InChI=1S/C4H12N.C4H4O4/c1-5(2,3)4;5-3(6)1-2-4(7)8/h1-4H3;1-2H,(H,5,6)(H,7,8)/q+1;. The number of rotatable bonds is 2. The Kier molecular flexibility index (Phi) is 6.75. The Hall–Kier alpha value is -1.36. The van der Waals surface area contributed by atoms with E-state index in [1.807, 2.05) is 0 Å². The van der Waals surface area contributed by atoms with Crippen molar-refractivity contribution in [3.63, 3.8) is 0 Å². The van der Waals surface area contributed by atoms with Crippen LogP contribution in [-0.2, 0) is 9.59 Å². The first-order valence-electron chi connectivity index (χ1n) is 3.55. The van der Waals surface area contributed by atoms with E-state index in [1.165, 1.54) is 0 Å². The maximum Gasteiger partial charge on any atom is 0.328 e. The second-order valence-corrected chi connectivity index (χ2v) is 3.69. The van der Waals surface area contributed by atoms with Crippen LogP contribution in [0.1, 0.15) is 0 Å². The topological polar surface area (TPSA) is 74.6 Å². The predicted octanol–water partition coefficient (Wildman–Crippen LogP) is 0.0342. The zero-order valence-corrected chi connectivity index (χ0v) is 8.31. The molecule has 2 N–H and O–H groups in total. The van der Waals surface area contributed by atoms with Gasteiger partial charge < -0.3 is 14.7 Å². The first-order valence-corrected chi connectivity index (χ1v) is 3.55. The summed E-state index contributed by atoms with van der Waals surface area (Å²) in [7, 11) is 8.50. The highest BCUT2D eigenvalue weighted by atomic mass is 16.4. The van der Waals surface area contributed by atoms with Gasteiger partial charge in [-0.05, 0) is 0 Å². The summed E-state index contributed by atoms with van der Waals surface area (Å²) < 4.78 is 1.00. The highest BCUT2D eigenvalue weighted by molar-refractivity contribution is 5.89. The fourth-order valence-corrected chi connectivity index (χ4v) is 0.143. The third-order valence-corrected chi connectivity index (χ3v) is 0.368. The third-order valence-electron chi connectivity index (χ3n) is 0.368. The number of nitrogens with zero attached hydrogens (tertiary/aromatic N) is 1. The molecule has 5 nitrogen and oxygen atoms in total. The molecule has 0 saturated carbocycles. The Morgan fingerprint density at radius 2 is 1.08 bits per heavy atom. The number of quaternary nitrogens is 1. The number of carbonyl (C=O) groups is 2. The lowest BCUT2D eigenvalue weighted by atomic mass is 10.5. The van der Waals surface area contributed by atoms with E-state index in [4.69, 9.17) is 10.2 Å². The molecular formula is C8H16NO4+. The highest BCUT2D eigenvalue weighted by Crippen LogP contribution is 1.73. The van der Waals surface area contributed by atoms with Crippen molar-refractivity contribution < 1.29 is 24.3 Å². The molecule has 0 aromatic heterocycles. The number of carboxylic acid groups (broad SMARTS) is 2. The van der Waals surface area contributed by atoms with E-state index < -0.39 is 11.9 Å². The maximum absolute atomic E-state index is 9.55. The van der Waals surface area contributed by atoms with Crippen LogP contribution in [0.15, 0.2) is 12.2 Å². The molecule has 0 aliphatic carbocycles. The minimum absolute atomic E-state index is 0.558. The number of hydrogen-bond acceptors (Lipinski definition) is 2. The monoisotopic (exact) mass is 190 g/mol. The van der Waals surface area contributed by atoms with E-state index in [9.17, 15) is 9.59 Å². The normalized spacial score (nSPS) is 10.5. The summed E-state index contributed by atoms with van der Waals surface area (Å²) >= 11 is 0. The van der Waals surface area contributed by atoms with Crippen molar-refractivity contribution in [2.24, 2.45) is 0 Å². The average Bonchev–Trinajstić information content (AvgIpc) is 1.79. The Morgan fingerprint density at radius 3 is 1.15 bits per heavy atom. The second kappa shape index (κ2) is 6.19. The van der Waals surface area contributed by atoms with Crippen LogP contribution >= 0.6 is 0 Å². The van der Waals surface area contributed by atoms with Gasteiger partial charge in [-0.3, -0.25) is 0 Å². The molecule has 76 valence electrons. The van der Waals surface area contributed by atoms with Crippen molar-refractivity contribution in [3.8, 4) is 0 Å². The van der Waals surface area contributed by atoms with Crippen LogP contribution in [0.25, 0.3) is 0 Å². The van der Waals surface area contributed by atoms with Crippen molar-refractivity contribution in [1.82, 2.24) is 0 Å². The first kappa shape index (κ1) is 14.2. The van der Waals surface area contributed by atoms with E-state index in [0.717, 1.165) is 4.48 Å². The van der Waals surface area contributed by atoms with E-state index in [1.54, 1.807) is 0 Å². The van der Waals surface area contributed by atoms with Gasteiger partial charge in [0.25, 0.3) is 0 Å². The van der Waals surface area contributed by atoms with Gasteiger partial charge in [0.05, 0.1) is 28.2 Å². The SMILES string of the molecule is C[N+](C)(C)C.O=C(O)C=CC(=O)O. The molecule has 0 unspecified atom stereocenters. The Morgan fingerprint density at radius 1 is 0.923 bits per heavy atom. The van der Waals surface area contributed by atoms with Gasteiger partial charge in [0, 0.05) is 12.2 Å². The van der Waals surface area contributed by atoms with Crippen LogP contribution < -0.4 is 0 Å². The second-order valence-electron chi connectivity index (χ2n) is 3.69. The first-order chi connectivity index (χ1) is 5.63. The van der Waals surface area contributed by atoms with Crippen LogP contribution in [0.2, 0.25) is 0 Å². The quantitative estimate of drug-likeness (QED) is 0.476. The third kappa shape index (κ3) is 59.9. The summed E-state index contributed by atoms with van der Waals surface area (Å²) in [6, 6.07) is 0. The average molecular weight is 190 g/mol. The van der Waals surface area contributed by atoms with Crippen LogP contribution in [0.4, 0.5) is 0 Å². The van der Waals surface area contributed by atoms with E-state index in [2.05, 4.69) is 28.2 Å². The van der Waals surface area contributed by atoms with Crippen molar-refractivity contribution in [1.29, 1.82) is 0 Å². The van der Waals surface area contributed by atoms with Gasteiger partial charge in [-0.25, -0.2) is 9.59 Å². The minimum atomic E-state index is -1.26. The lowest BCUT2D eigenvalue weighted by Crippen LogP contribution is -2.27. The number of carboxylic acids is 2. The Bertz CT molecular complexity index is 181. The van der Waals surface area contributed by atoms with Gasteiger partial charge in [0.1, 0.15) is 0 Å². The highest BCUT2D eigenvalue weighted by Gasteiger charge is 1.88. The molecule has 0 aromatic rings. The Labute approximate surface area is 77.5 Å². The van der Waals surface area contributed by atoms with Crippen molar-refractivity contribution >= 4 is 11.9 Å². The maximum atomic E-state index is 9.55. The summed E-state index contributed by atoms with van der Waals surface area (Å²) in [5.74, 6) is -2.51. The van der Waals surface area contributed by atoms with E-state index >= 15 is 0 Å². The van der Waals surface area contributed by atoms with Crippen molar-refractivity contribution in [2.75, 3.05) is 28.2 Å². The summed E-state index contributed by atoms with van der Waals surface area (Å²) in [6.07, 6.45) is 1.12. The molecule has 0 aromatic carbocycles. The van der Waals surface area contributed by atoms with E-state index in [0.29, 0.717) is 12.2 Å². The number of hydrogen-bond donors (Lipinski definition) is 2. The zero-order chi connectivity index (χ0) is 11.1. The molecule has 0 bridgehead atoms. The molecule has 0 heterocycles. The van der Waals surface area contributed by atoms with Gasteiger partial charge >= 0.3 is 11.9 Å².